The van der Waals surface area contributed by atoms with E-state index in [4.69, 9.17) is 11.6 Å². The zero-order valence-electron chi connectivity index (χ0n) is 10.5. The molecule has 4 heteroatoms. The standard InChI is InChI=1S/C12H21ClN2O/c1-5-12(16,6-2)8-10-11(13)9(4)14-15(10)7-3/h16H,5-8H2,1-4H3. The molecular formula is C12H21ClN2O. The summed E-state index contributed by atoms with van der Waals surface area (Å²) in [5.74, 6) is 0. The molecule has 0 radical (unpaired) electrons. The molecule has 0 aliphatic rings. The number of halogens is 1. The van der Waals surface area contributed by atoms with Gasteiger partial charge in [0.15, 0.2) is 0 Å². The van der Waals surface area contributed by atoms with Crippen LogP contribution in [0.2, 0.25) is 5.02 Å². The summed E-state index contributed by atoms with van der Waals surface area (Å²) in [7, 11) is 0. The Labute approximate surface area is 102 Å². The zero-order chi connectivity index (χ0) is 12.3. The predicted molar refractivity (Wildman–Crippen MR) is 66.9 cm³/mol. The Morgan fingerprint density at radius 3 is 2.31 bits per heavy atom. The Kier molecular flexibility index (Phi) is 4.39. The number of aliphatic hydroxyl groups is 1. The molecule has 3 nitrogen and oxygen atoms in total. The van der Waals surface area contributed by atoms with Crippen LogP contribution in [0.25, 0.3) is 0 Å². The van der Waals surface area contributed by atoms with E-state index in [0.717, 1.165) is 30.8 Å². The van der Waals surface area contributed by atoms with Crippen molar-refractivity contribution in [3.8, 4) is 0 Å². The van der Waals surface area contributed by atoms with Gasteiger partial charge < -0.3 is 5.11 Å². The zero-order valence-corrected chi connectivity index (χ0v) is 11.3. The highest BCUT2D eigenvalue weighted by Gasteiger charge is 2.26. The fourth-order valence-corrected chi connectivity index (χ4v) is 2.05. The molecule has 1 rings (SSSR count). The molecule has 0 saturated carbocycles. The molecule has 1 heterocycles. The molecule has 0 spiro atoms. The van der Waals surface area contributed by atoms with Crippen LogP contribution < -0.4 is 0 Å². The van der Waals surface area contributed by atoms with Crippen LogP contribution in [0.1, 0.15) is 45.0 Å². The molecule has 0 saturated heterocycles. The maximum absolute atomic E-state index is 10.3. The van der Waals surface area contributed by atoms with Gasteiger partial charge in [-0.1, -0.05) is 25.4 Å². The van der Waals surface area contributed by atoms with Crippen LogP contribution in [-0.2, 0) is 13.0 Å². The third kappa shape index (κ3) is 2.58. The van der Waals surface area contributed by atoms with Gasteiger partial charge in [0.05, 0.1) is 22.0 Å². The van der Waals surface area contributed by atoms with E-state index < -0.39 is 5.60 Å². The first-order chi connectivity index (χ1) is 7.47. The molecule has 0 amide bonds. The van der Waals surface area contributed by atoms with Crippen molar-refractivity contribution < 1.29 is 5.11 Å². The number of rotatable bonds is 5. The van der Waals surface area contributed by atoms with E-state index >= 15 is 0 Å². The molecule has 0 aromatic carbocycles. The minimum atomic E-state index is -0.664. The maximum atomic E-state index is 10.3. The fraction of sp³-hybridized carbons (Fsp3) is 0.750. The lowest BCUT2D eigenvalue weighted by Gasteiger charge is -2.25. The van der Waals surface area contributed by atoms with Crippen LogP contribution in [-0.4, -0.2) is 20.5 Å². The quantitative estimate of drug-likeness (QED) is 0.865. The lowest BCUT2D eigenvalue weighted by Crippen LogP contribution is -2.30. The molecule has 1 aromatic rings. The SMILES string of the molecule is CCn1nc(C)c(Cl)c1CC(O)(CC)CC. The molecule has 0 atom stereocenters. The van der Waals surface area contributed by atoms with Gasteiger partial charge in [0.2, 0.25) is 0 Å². The first-order valence-corrected chi connectivity index (χ1v) is 6.29. The van der Waals surface area contributed by atoms with E-state index in [9.17, 15) is 5.11 Å². The molecule has 0 aliphatic carbocycles. The number of nitrogens with zero attached hydrogens (tertiary/aromatic N) is 2. The van der Waals surface area contributed by atoms with Crippen molar-refractivity contribution in [3.05, 3.63) is 16.4 Å². The highest BCUT2D eigenvalue weighted by molar-refractivity contribution is 6.31. The summed E-state index contributed by atoms with van der Waals surface area (Å²) < 4.78 is 1.88. The second kappa shape index (κ2) is 5.19. The molecule has 0 fully saturated rings. The molecule has 16 heavy (non-hydrogen) atoms. The smallest absolute Gasteiger partial charge is 0.0848 e. The van der Waals surface area contributed by atoms with E-state index in [0.29, 0.717) is 11.4 Å². The minimum absolute atomic E-state index is 0.577. The Bertz CT molecular complexity index is 356. The number of aryl methyl sites for hydroxylation is 2. The lowest BCUT2D eigenvalue weighted by atomic mass is 9.91. The Balaban J connectivity index is 3.04. The van der Waals surface area contributed by atoms with Crippen LogP contribution in [0.4, 0.5) is 0 Å². The summed E-state index contributed by atoms with van der Waals surface area (Å²) in [6.07, 6.45) is 2.04. The van der Waals surface area contributed by atoms with Crippen LogP contribution in [0.5, 0.6) is 0 Å². The topological polar surface area (TPSA) is 38.0 Å². The summed E-state index contributed by atoms with van der Waals surface area (Å²) in [4.78, 5) is 0. The van der Waals surface area contributed by atoms with Crippen molar-refractivity contribution in [2.45, 2.75) is 59.1 Å². The van der Waals surface area contributed by atoms with E-state index in [1.807, 2.05) is 32.4 Å². The Morgan fingerprint density at radius 2 is 1.88 bits per heavy atom. The highest BCUT2D eigenvalue weighted by atomic mass is 35.5. The number of hydrogen-bond donors (Lipinski definition) is 1. The summed E-state index contributed by atoms with van der Waals surface area (Å²) in [6.45, 7) is 8.71. The van der Waals surface area contributed by atoms with Crippen LogP contribution in [0.15, 0.2) is 0 Å². The van der Waals surface area contributed by atoms with Crippen molar-refractivity contribution in [2.75, 3.05) is 0 Å². The lowest BCUT2D eigenvalue weighted by molar-refractivity contribution is 0.0307. The third-order valence-electron chi connectivity index (χ3n) is 3.27. The molecule has 1 aromatic heterocycles. The van der Waals surface area contributed by atoms with Gasteiger partial charge in [-0.3, -0.25) is 4.68 Å². The van der Waals surface area contributed by atoms with Gasteiger partial charge in [-0.2, -0.15) is 5.10 Å². The van der Waals surface area contributed by atoms with Crippen LogP contribution in [0, 0.1) is 6.92 Å². The largest absolute Gasteiger partial charge is 0.390 e. The van der Waals surface area contributed by atoms with Gasteiger partial charge in [0.1, 0.15) is 0 Å². The van der Waals surface area contributed by atoms with Crippen LogP contribution in [0.3, 0.4) is 0 Å². The number of hydrogen-bond acceptors (Lipinski definition) is 2. The van der Waals surface area contributed by atoms with Crippen molar-refractivity contribution in [3.63, 3.8) is 0 Å². The maximum Gasteiger partial charge on any atom is 0.0848 e. The van der Waals surface area contributed by atoms with Gasteiger partial charge >= 0.3 is 0 Å². The third-order valence-corrected chi connectivity index (χ3v) is 3.76. The predicted octanol–water partition coefficient (Wildman–Crippen LogP) is 2.96. The molecule has 92 valence electrons. The van der Waals surface area contributed by atoms with Gasteiger partial charge in [-0.05, 0) is 26.7 Å². The second-order valence-electron chi connectivity index (χ2n) is 4.27. The van der Waals surface area contributed by atoms with Gasteiger partial charge in [-0.25, -0.2) is 0 Å². The Morgan fingerprint density at radius 1 is 1.31 bits per heavy atom. The first-order valence-electron chi connectivity index (χ1n) is 5.91. The average molecular weight is 245 g/mol. The average Bonchev–Trinajstić information content (AvgIpc) is 2.56. The molecule has 0 bridgehead atoms. The monoisotopic (exact) mass is 244 g/mol. The Hall–Kier alpha value is -0.540. The molecule has 0 unspecified atom stereocenters. The van der Waals surface area contributed by atoms with E-state index in [1.54, 1.807) is 0 Å². The van der Waals surface area contributed by atoms with E-state index in [1.165, 1.54) is 0 Å². The summed E-state index contributed by atoms with van der Waals surface area (Å²) in [6, 6.07) is 0. The van der Waals surface area contributed by atoms with Crippen molar-refractivity contribution in [1.82, 2.24) is 9.78 Å². The highest BCUT2D eigenvalue weighted by Crippen LogP contribution is 2.27. The van der Waals surface area contributed by atoms with E-state index in [2.05, 4.69) is 5.10 Å². The molecule has 1 N–H and O–H groups in total. The van der Waals surface area contributed by atoms with Crippen molar-refractivity contribution in [1.29, 1.82) is 0 Å². The fourth-order valence-electron chi connectivity index (χ4n) is 1.85. The summed E-state index contributed by atoms with van der Waals surface area (Å²) in [5.41, 5.74) is 1.13. The minimum Gasteiger partial charge on any atom is -0.390 e. The summed E-state index contributed by atoms with van der Waals surface area (Å²) in [5, 5.41) is 15.4. The summed E-state index contributed by atoms with van der Waals surface area (Å²) >= 11 is 6.22. The normalized spacial score (nSPS) is 12.1. The number of aromatic nitrogens is 2. The van der Waals surface area contributed by atoms with Gasteiger partial charge in [-0.15, -0.1) is 0 Å². The van der Waals surface area contributed by atoms with Crippen molar-refractivity contribution in [2.24, 2.45) is 0 Å². The van der Waals surface area contributed by atoms with Gasteiger partial charge in [0.25, 0.3) is 0 Å². The first kappa shape index (κ1) is 13.5. The van der Waals surface area contributed by atoms with E-state index in [-0.39, 0.29) is 0 Å². The second-order valence-corrected chi connectivity index (χ2v) is 4.65. The molecular weight excluding hydrogens is 224 g/mol. The van der Waals surface area contributed by atoms with Crippen LogP contribution >= 0.6 is 11.6 Å². The molecule has 0 aliphatic heterocycles. The van der Waals surface area contributed by atoms with Gasteiger partial charge in [0, 0.05) is 13.0 Å². The van der Waals surface area contributed by atoms with Crippen molar-refractivity contribution >= 4 is 11.6 Å².